The summed E-state index contributed by atoms with van der Waals surface area (Å²) >= 11 is 0. The van der Waals surface area contributed by atoms with Gasteiger partial charge in [-0.25, -0.2) is 8.78 Å². The zero-order valence-electron chi connectivity index (χ0n) is 22.2. The summed E-state index contributed by atoms with van der Waals surface area (Å²) in [5.41, 5.74) is 3.15. The highest BCUT2D eigenvalue weighted by Crippen LogP contribution is 2.42. The summed E-state index contributed by atoms with van der Waals surface area (Å²) in [5, 5.41) is 0. The van der Waals surface area contributed by atoms with Gasteiger partial charge in [0.05, 0.1) is 11.6 Å². The van der Waals surface area contributed by atoms with Crippen LogP contribution in [0.4, 0.5) is 26.0 Å². The van der Waals surface area contributed by atoms with Crippen molar-refractivity contribution in [3.05, 3.63) is 105 Å². The normalized spacial score (nSPS) is 19.1. The second kappa shape index (κ2) is 9.54. The average Bonchev–Trinajstić information content (AvgIpc) is 2.96. The van der Waals surface area contributed by atoms with Crippen LogP contribution in [0.15, 0.2) is 65.5 Å². The van der Waals surface area contributed by atoms with E-state index in [1.54, 1.807) is 50.5 Å². The Kier molecular flexibility index (Phi) is 6.11. The molecule has 0 aliphatic carbocycles. The summed E-state index contributed by atoms with van der Waals surface area (Å²) < 4.78 is 29.2. The minimum absolute atomic E-state index is 0.136. The van der Waals surface area contributed by atoms with Gasteiger partial charge < -0.3 is 19.2 Å². The molecule has 1 amide bonds. The van der Waals surface area contributed by atoms with Crippen LogP contribution >= 0.6 is 0 Å². The van der Waals surface area contributed by atoms with E-state index >= 15 is 0 Å². The summed E-state index contributed by atoms with van der Waals surface area (Å²) in [6.07, 6.45) is 0. The molecular formula is C30H26F2N6O2. The smallest absolute Gasteiger partial charge is 0.277 e. The second-order valence-corrected chi connectivity index (χ2v) is 10.3. The van der Waals surface area contributed by atoms with Crippen LogP contribution in [0, 0.1) is 18.2 Å². The first-order chi connectivity index (χ1) is 19.2. The molecule has 1 fully saturated rings. The summed E-state index contributed by atoms with van der Waals surface area (Å²) in [6, 6.07) is 14.5. The van der Waals surface area contributed by atoms with Crippen molar-refractivity contribution in [1.29, 1.82) is 0 Å². The molecule has 10 heteroatoms. The van der Waals surface area contributed by atoms with E-state index in [4.69, 9.17) is 6.57 Å². The fraction of sp³-hybridized carbons (Fsp3) is 0.267. The van der Waals surface area contributed by atoms with Crippen molar-refractivity contribution in [3.8, 4) is 0 Å². The molecule has 0 saturated carbocycles. The van der Waals surface area contributed by atoms with Gasteiger partial charge >= 0.3 is 0 Å². The van der Waals surface area contributed by atoms with E-state index in [2.05, 4.69) is 14.7 Å². The van der Waals surface area contributed by atoms with E-state index in [1.165, 1.54) is 33.7 Å². The van der Waals surface area contributed by atoms with Crippen molar-refractivity contribution in [2.45, 2.75) is 25.0 Å². The molecule has 2 aliphatic heterocycles. The SMILES string of the molecule is [C-]#[N+]c1ccc2c(n1)c1c(c(=O)n2C)N(C)C(=O)[C@H]2CN(C(c3ccc(F)cc3)c3ccc(F)cc3)[C@H](C)CN12. The molecule has 0 radical (unpaired) electrons. The summed E-state index contributed by atoms with van der Waals surface area (Å²) in [4.78, 5) is 40.8. The maximum atomic E-state index is 13.9. The number of likely N-dealkylation sites (N-methyl/N-ethyl adjacent to an activating group) is 1. The van der Waals surface area contributed by atoms with Crippen molar-refractivity contribution in [1.82, 2.24) is 14.5 Å². The molecule has 0 bridgehead atoms. The van der Waals surface area contributed by atoms with E-state index in [1.807, 2.05) is 11.8 Å². The number of aryl methyl sites for hydroxylation is 1. The maximum absolute atomic E-state index is 13.9. The third-order valence-electron chi connectivity index (χ3n) is 8.02. The Morgan fingerprint density at radius 1 is 0.900 bits per heavy atom. The van der Waals surface area contributed by atoms with Gasteiger partial charge in [-0.05, 0) is 54.4 Å². The van der Waals surface area contributed by atoms with Crippen LogP contribution in [0.5, 0.6) is 0 Å². The molecule has 2 aromatic heterocycles. The number of aromatic nitrogens is 2. The molecule has 4 aromatic rings. The topological polar surface area (TPSA) is 66.0 Å². The number of fused-ring (bicyclic) bond motifs is 5. The molecule has 0 spiro atoms. The van der Waals surface area contributed by atoms with Gasteiger partial charge in [-0.2, -0.15) is 0 Å². The lowest BCUT2D eigenvalue weighted by Crippen LogP contribution is -2.66. The first-order valence-electron chi connectivity index (χ1n) is 12.9. The Hall–Kier alpha value is -4.62. The van der Waals surface area contributed by atoms with E-state index in [9.17, 15) is 18.4 Å². The number of halogens is 2. The molecule has 0 N–H and O–H groups in total. The summed E-state index contributed by atoms with van der Waals surface area (Å²) in [6.45, 7) is 10.2. The molecule has 40 heavy (non-hydrogen) atoms. The van der Waals surface area contributed by atoms with Crippen molar-refractivity contribution in [2.24, 2.45) is 7.05 Å². The van der Waals surface area contributed by atoms with Gasteiger partial charge in [-0.3, -0.25) is 14.5 Å². The molecule has 6 rings (SSSR count). The zero-order valence-corrected chi connectivity index (χ0v) is 22.2. The van der Waals surface area contributed by atoms with Crippen LogP contribution in [-0.2, 0) is 11.8 Å². The van der Waals surface area contributed by atoms with E-state index < -0.39 is 6.04 Å². The largest absolute Gasteiger partial charge is 0.361 e. The Balaban J connectivity index is 1.50. The van der Waals surface area contributed by atoms with Crippen LogP contribution in [-0.4, -0.2) is 52.6 Å². The number of rotatable bonds is 3. The van der Waals surface area contributed by atoms with E-state index in [0.29, 0.717) is 29.8 Å². The standard InChI is InChI=1S/C30H26F2N6O2/c1-17-15-38-23(16-37(17)26(18-5-9-20(31)10-6-18)19-7-11-21(32)12-8-19)29(39)36(4)28-27(38)25-22(35(3)30(28)40)13-14-24(33-2)34-25/h5-14,17,23,26H,15-16H2,1,3-4H3/t17-,23-/m1/s1. The Morgan fingerprint density at radius 2 is 1.50 bits per heavy atom. The number of anilines is 2. The third-order valence-corrected chi connectivity index (χ3v) is 8.02. The predicted octanol–water partition coefficient (Wildman–Crippen LogP) is 4.41. The van der Waals surface area contributed by atoms with Gasteiger partial charge in [0, 0.05) is 33.2 Å². The van der Waals surface area contributed by atoms with Crippen LogP contribution in [0.25, 0.3) is 15.9 Å². The minimum atomic E-state index is -0.647. The molecule has 2 atom stereocenters. The second-order valence-electron chi connectivity index (χ2n) is 10.3. The average molecular weight is 541 g/mol. The number of carbonyl (C=O) groups is 1. The molecule has 0 unspecified atom stereocenters. The van der Waals surface area contributed by atoms with Crippen LogP contribution in [0.1, 0.15) is 24.1 Å². The highest BCUT2D eigenvalue weighted by Gasteiger charge is 2.47. The number of amides is 1. The fourth-order valence-electron chi connectivity index (χ4n) is 6.02. The first kappa shape index (κ1) is 25.6. The quantitative estimate of drug-likeness (QED) is 0.361. The minimum Gasteiger partial charge on any atom is -0.361 e. The van der Waals surface area contributed by atoms with Gasteiger partial charge in [-0.15, -0.1) is 4.98 Å². The molecular weight excluding hydrogens is 514 g/mol. The predicted molar refractivity (Wildman–Crippen MR) is 149 cm³/mol. The van der Waals surface area contributed by atoms with Gasteiger partial charge in [-0.1, -0.05) is 30.8 Å². The van der Waals surface area contributed by atoms with Crippen LogP contribution in [0.3, 0.4) is 0 Å². The van der Waals surface area contributed by atoms with Gasteiger partial charge in [0.25, 0.3) is 17.3 Å². The lowest BCUT2D eigenvalue weighted by Gasteiger charge is -2.51. The lowest BCUT2D eigenvalue weighted by atomic mass is 9.92. The van der Waals surface area contributed by atoms with Crippen molar-refractivity contribution in [3.63, 3.8) is 0 Å². The van der Waals surface area contributed by atoms with Crippen LogP contribution < -0.4 is 15.4 Å². The molecule has 8 nitrogen and oxygen atoms in total. The number of hydrogen-bond acceptors (Lipinski definition) is 5. The molecule has 2 aliphatic rings. The van der Waals surface area contributed by atoms with E-state index in [-0.39, 0.29) is 46.7 Å². The molecule has 4 heterocycles. The summed E-state index contributed by atoms with van der Waals surface area (Å²) in [5.74, 6) is -0.761. The molecule has 1 saturated heterocycles. The number of piperazine rings is 1. The van der Waals surface area contributed by atoms with Gasteiger partial charge in [0.1, 0.15) is 29.1 Å². The maximum Gasteiger partial charge on any atom is 0.277 e. The summed E-state index contributed by atoms with van der Waals surface area (Å²) in [7, 11) is 3.22. The Bertz CT molecular complexity index is 1700. The third kappa shape index (κ3) is 3.93. The first-order valence-corrected chi connectivity index (χ1v) is 12.9. The number of nitrogens with zero attached hydrogens (tertiary/aromatic N) is 6. The monoisotopic (exact) mass is 540 g/mol. The van der Waals surface area contributed by atoms with Crippen molar-refractivity contribution < 1.29 is 13.6 Å². The number of pyridine rings is 2. The number of hydrogen-bond donors (Lipinski definition) is 0. The zero-order chi connectivity index (χ0) is 28.3. The highest BCUT2D eigenvalue weighted by molar-refractivity contribution is 6.10. The van der Waals surface area contributed by atoms with E-state index in [0.717, 1.165) is 11.1 Å². The number of carbonyl (C=O) groups excluding carboxylic acids is 1. The van der Waals surface area contributed by atoms with Gasteiger partial charge in [0.15, 0.2) is 0 Å². The number of benzene rings is 2. The van der Waals surface area contributed by atoms with Crippen molar-refractivity contribution in [2.75, 3.05) is 29.9 Å². The molecule has 2 aromatic carbocycles. The fourth-order valence-corrected chi connectivity index (χ4v) is 6.02. The Morgan fingerprint density at radius 3 is 2.08 bits per heavy atom. The van der Waals surface area contributed by atoms with Crippen molar-refractivity contribution >= 4 is 34.1 Å². The van der Waals surface area contributed by atoms with Gasteiger partial charge in [0.2, 0.25) is 5.52 Å². The Labute approximate surface area is 229 Å². The van der Waals surface area contributed by atoms with Crippen LogP contribution in [0.2, 0.25) is 0 Å². The highest BCUT2D eigenvalue weighted by atomic mass is 19.1. The molecule has 202 valence electrons. The lowest BCUT2D eigenvalue weighted by molar-refractivity contribution is -0.121.